The molecule has 2 aliphatic heterocycles. The SMILES string of the molecule is Cc1[nH]c2c3cnc4nc5c(C)[n+]6c(C)cc(C)c7nc(C)c8c(c5c5c4c3[n+]3c(c(C)c(C)c4c3c5[n+]8C3C=CC=NC=43)c2c1C)c76. The van der Waals surface area contributed by atoms with Crippen LogP contribution in [0, 0.1) is 55.4 Å². The van der Waals surface area contributed by atoms with Crippen LogP contribution in [-0.2, 0) is 0 Å². The highest BCUT2D eigenvalue weighted by Crippen LogP contribution is 2.46. The van der Waals surface area contributed by atoms with Gasteiger partial charge in [0.15, 0.2) is 11.3 Å². The maximum Gasteiger partial charge on any atom is 0.294 e. The zero-order chi connectivity index (χ0) is 32.4. The van der Waals surface area contributed by atoms with Gasteiger partial charge >= 0.3 is 0 Å². The van der Waals surface area contributed by atoms with E-state index in [2.05, 4.69) is 98.2 Å². The first-order chi connectivity index (χ1) is 23.2. The van der Waals surface area contributed by atoms with Gasteiger partial charge in [-0.3, -0.25) is 4.99 Å². The summed E-state index contributed by atoms with van der Waals surface area (Å²) in [6, 6.07) is 2.17. The quantitative estimate of drug-likeness (QED) is 0.131. The van der Waals surface area contributed by atoms with Crippen molar-refractivity contribution in [3.63, 3.8) is 0 Å². The molecule has 0 saturated carbocycles. The van der Waals surface area contributed by atoms with E-state index in [0.29, 0.717) is 0 Å². The second kappa shape index (κ2) is 7.57. The molecule has 2 aliphatic rings. The highest BCUT2D eigenvalue weighted by molar-refractivity contribution is 6.35. The number of hydrogen-bond donors (Lipinski definition) is 1. The van der Waals surface area contributed by atoms with E-state index in [1.165, 1.54) is 88.0 Å². The van der Waals surface area contributed by atoms with Crippen LogP contribution in [0.15, 0.2) is 29.4 Å². The standard InChI is InChI=1S/C40H30N8/c1-14-12-15(2)46-21(8)31-26-27-29-36-22(13-42-40(29)45-31)32-25(18(5)19(6)43-32)34-17(4)16(3)24-33-23(10-9-11-41-33)47(39(27)38(24)48(34)36)35-20(7)44-30(14)37(46)28(26)35/h9-13,23H,1-8H3/q+2/p+1. The van der Waals surface area contributed by atoms with Crippen LogP contribution in [0.5, 0.6) is 0 Å². The van der Waals surface area contributed by atoms with Gasteiger partial charge in [-0.05, 0) is 70.4 Å². The van der Waals surface area contributed by atoms with E-state index in [-0.39, 0.29) is 6.04 Å². The molecule has 1 N–H and O–H groups in total. The van der Waals surface area contributed by atoms with Crippen LogP contribution in [-0.4, -0.2) is 26.2 Å². The number of aliphatic imine (C=N–C) groups is 1. The van der Waals surface area contributed by atoms with Gasteiger partial charge in [-0.1, -0.05) is 0 Å². The van der Waals surface area contributed by atoms with Gasteiger partial charge in [-0.15, -0.1) is 4.40 Å². The van der Waals surface area contributed by atoms with Crippen molar-refractivity contribution in [2.75, 3.05) is 0 Å². The van der Waals surface area contributed by atoms with E-state index in [1.807, 2.05) is 6.21 Å². The number of rotatable bonds is 0. The predicted molar refractivity (Wildman–Crippen MR) is 190 cm³/mol. The summed E-state index contributed by atoms with van der Waals surface area (Å²) in [5, 5.41) is 8.43. The first-order valence-electron chi connectivity index (χ1n) is 16.8. The number of aromatic amines is 1. The number of nitrogens with one attached hydrogen (secondary N) is 1. The number of pyridine rings is 9. The van der Waals surface area contributed by atoms with Crippen LogP contribution in [0.1, 0.15) is 51.1 Å². The molecule has 0 aromatic carbocycles. The van der Waals surface area contributed by atoms with Crippen molar-refractivity contribution in [2.45, 2.75) is 61.4 Å². The van der Waals surface area contributed by atoms with Crippen molar-refractivity contribution < 1.29 is 13.4 Å². The van der Waals surface area contributed by atoms with Crippen molar-refractivity contribution in [1.82, 2.24) is 19.9 Å². The molecule has 8 heteroatoms. The van der Waals surface area contributed by atoms with Crippen LogP contribution >= 0.6 is 0 Å². The van der Waals surface area contributed by atoms with Crippen LogP contribution in [0.4, 0.5) is 0 Å². The second-order valence-corrected chi connectivity index (χ2v) is 14.4. The van der Waals surface area contributed by atoms with Gasteiger partial charge in [-0.2, -0.15) is 8.97 Å². The summed E-state index contributed by atoms with van der Waals surface area (Å²) in [4.78, 5) is 25.1. The van der Waals surface area contributed by atoms with Crippen LogP contribution in [0.25, 0.3) is 93.3 Å². The third-order valence-electron chi connectivity index (χ3n) is 12.2. The summed E-state index contributed by atoms with van der Waals surface area (Å²) in [5.74, 6) is 0. The third kappa shape index (κ3) is 2.37. The highest BCUT2D eigenvalue weighted by atomic mass is 15.1. The topological polar surface area (TPSA) is 78.9 Å². The molecule has 0 spiro atoms. The Morgan fingerprint density at radius 1 is 0.708 bits per heavy atom. The fraction of sp³-hybridized carbons (Fsp3) is 0.225. The van der Waals surface area contributed by atoms with E-state index in [1.54, 1.807) is 0 Å². The minimum Gasteiger partial charge on any atom is -0.357 e. The Morgan fingerprint density at radius 2 is 1.54 bits per heavy atom. The van der Waals surface area contributed by atoms with Crippen molar-refractivity contribution in [3.05, 3.63) is 74.7 Å². The molecule has 228 valence electrons. The number of aromatic nitrogens is 7. The average molecular weight is 624 g/mol. The van der Waals surface area contributed by atoms with E-state index in [4.69, 9.17) is 19.9 Å². The molecule has 0 radical (unpaired) electrons. The molecular formula is C40H31N8+3. The molecule has 48 heavy (non-hydrogen) atoms. The Labute approximate surface area is 273 Å². The summed E-state index contributed by atoms with van der Waals surface area (Å²) in [6.07, 6.45) is 8.43. The minimum atomic E-state index is -0.0808. The van der Waals surface area contributed by atoms with Gasteiger partial charge in [-0.25, -0.2) is 15.0 Å². The third-order valence-corrected chi connectivity index (χ3v) is 12.2. The van der Waals surface area contributed by atoms with Gasteiger partial charge in [0.05, 0.1) is 26.9 Å². The number of aryl methyl sites for hydroxylation is 7. The monoisotopic (exact) mass is 623 g/mol. The van der Waals surface area contributed by atoms with Crippen molar-refractivity contribution in [2.24, 2.45) is 4.99 Å². The summed E-state index contributed by atoms with van der Waals surface area (Å²) in [5.41, 5.74) is 21.8. The Balaban J connectivity index is 1.59. The number of dihydropyridines is 1. The van der Waals surface area contributed by atoms with Gasteiger partial charge in [0.25, 0.3) is 16.6 Å². The van der Waals surface area contributed by atoms with Gasteiger partial charge in [0, 0.05) is 49.0 Å². The van der Waals surface area contributed by atoms with Crippen molar-refractivity contribution in [1.29, 1.82) is 0 Å². The molecule has 0 saturated heterocycles. The van der Waals surface area contributed by atoms with E-state index in [0.717, 1.165) is 55.6 Å². The molecule has 0 aliphatic carbocycles. The van der Waals surface area contributed by atoms with Gasteiger partial charge in [0.1, 0.15) is 33.2 Å². The smallest absolute Gasteiger partial charge is 0.294 e. The largest absolute Gasteiger partial charge is 0.357 e. The Kier molecular flexibility index (Phi) is 4.02. The van der Waals surface area contributed by atoms with Crippen molar-refractivity contribution in [3.8, 4) is 0 Å². The summed E-state index contributed by atoms with van der Waals surface area (Å²) < 4.78 is 7.51. The number of nitrogens with zero attached hydrogens (tertiary/aromatic N) is 7. The van der Waals surface area contributed by atoms with Crippen LogP contribution in [0.2, 0.25) is 0 Å². The normalized spacial score (nSPS) is 16.3. The van der Waals surface area contributed by atoms with Gasteiger partial charge in [0.2, 0.25) is 28.3 Å². The molecule has 12 rings (SSSR count). The lowest BCUT2D eigenvalue weighted by Crippen LogP contribution is -2.51. The average Bonchev–Trinajstić information content (AvgIpc) is 3.38. The Hall–Kier alpha value is -5.63. The number of allylic oxidation sites excluding steroid dienone is 1. The molecule has 10 aromatic rings. The minimum absolute atomic E-state index is 0.0808. The number of H-pyrrole nitrogens is 1. The maximum atomic E-state index is 5.49. The molecule has 8 nitrogen and oxygen atoms in total. The van der Waals surface area contributed by atoms with Crippen molar-refractivity contribution >= 4 is 99.5 Å². The fourth-order valence-corrected chi connectivity index (χ4v) is 10.1. The molecule has 10 aromatic heterocycles. The highest BCUT2D eigenvalue weighted by Gasteiger charge is 2.46. The molecule has 0 amide bonds. The zero-order valence-electron chi connectivity index (χ0n) is 28.1. The fourth-order valence-electron chi connectivity index (χ4n) is 10.1. The summed E-state index contributed by atoms with van der Waals surface area (Å²) in [7, 11) is 0. The molecule has 0 fully saturated rings. The first kappa shape index (κ1) is 25.5. The van der Waals surface area contributed by atoms with Crippen LogP contribution < -0.4 is 18.6 Å². The Bertz CT molecular complexity index is 3360. The lowest BCUT2D eigenvalue weighted by Gasteiger charge is -2.24. The lowest BCUT2D eigenvalue weighted by atomic mass is 9.88. The Morgan fingerprint density at radius 3 is 2.38 bits per heavy atom. The van der Waals surface area contributed by atoms with E-state index >= 15 is 0 Å². The lowest BCUT2D eigenvalue weighted by molar-refractivity contribution is -0.650. The second-order valence-electron chi connectivity index (χ2n) is 14.4. The number of hydrogen-bond acceptors (Lipinski definition) is 4. The van der Waals surface area contributed by atoms with Gasteiger partial charge < -0.3 is 4.98 Å². The maximum absolute atomic E-state index is 5.49. The molecular weight excluding hydrogens is 592 g/mol. The summed E-state index contributed by atoms with van der Waals surface area (Å²) in [6.45, 7) is 17.8. The van der Waals surface area contributed by atoms with Crippen LogP contribution in [0.3, 0.4) is 0 Å². The zero-order valence-corrected chi connectivity index (χ0v) is 28.1. The van der Waals surface area contributed by atoms with E-state index in [9.17, 15) is 0 Å². The first-order valence-corrected chi connectivity index (χ1v) is 16.8. The molecule has 12 heterocycles. The predicted octanol–water partition coefficient (Wildman–Crippen LogP) is 5.84. The number of fused-ring (bicyclic) bond motifs is 6. The van der Waals surface area contributed by atoms with E-state index < -0.39 is 0 Å². The molecule has 0 bridgehead atoms. The molecule has 1 unspecified atom stereocenters. The molecule has 1 atom stereocenters. The summed E-state index contributed by atoms with van der Waals surface area (Å²) >= 11 is 0.